The van der Waals surface area contributed by atoms with E-state index in [1.807, 2.05) is 18.2 Å². The van der Waals surface area contributed by atoms with E-state index in [9.17, 15) is 9.59 Å². The number of nitrogens with zero attached hydrogens (tertiary/aromatic N) is 2. The molecule has 0 saturated carbocycles. The first-order chi connectivity index (χ1) is 10.1. The Hall–Kier alpha value is -1.88. The highest BCUT2D eigenvalue weighted by atomic mass is 16.2. The van der Waals surface area contributed by atoms with Crippen LogP contribution in [0.5, 0.6) is 0 Å². The topological polar surface area (TPSA) is 66.6 Å². The van der Waals surface area contributed by atoms with Crippen LogP contribution < -0.4 is 5.73 Å². The standard InChI is InChI=1S/C16H23N3O2/c1-13(20)19-11-10-18(12-15(19)16(17)21)9-5-8-14-6-3-2-4-7-14/h2-4,6-7,15H,5,8-12H2,1H3,(H2,17,21)/t15-/m0/s1. The summed E-state index contributed by atoms with van der Waals surface area (Å²) in [6, 6.07) is 9.86. The second-order valence-corrected chi connectivity index (χ2v) is 5.52. The van der Waals surface area contributed by atoms with Gasteiger partial charge in [0.05, 0.1) is 0 Å². The average Bonchev–Trinajstić information content (AvgIpc) is 2.48. The van der Waals surface area contributed by atoms with Gasteiger partial charge in [0.15, 0.2) is 0 Å². The molecule has 2 amide bonds. The number of amides is 2. The minimum absolute atomic E-state index is 0.0808. The number of carbonyl (C=O) groups is 2. The van der Waals surface area contributed by atoms with E-state index < -0.39 is 11.9 Å². The Bertz CT molecular complexity index is 490. The summed E-state index contributed by atoms with van der Waals surface area (Å²) in [6.07, 6.45) is 2.06. The van der Waals surface area contributed by atoms with Crippen LogP contribution in [0.3, 0.4) is 0 Å². The zero-order valence-corrected chi connectivity index (χ0v) is 12.5. The van der Waals surface area contributed by atoms with E-state index in [-0.39, 0.29) is 5.91 Å². The molecule has 1 atom stereocenters. The van der Waals surface area contributed by atoms with Gasteiger partial charge in [0, 0.05) is 26.6 Å². The number of rotatable bonds is 5. The van der Waals surface area contributed by atoms with Crippen molar-refractivity contribution in [3.63, 3.8) is 0 Å². The van der Waals surface area contributed by atoms with Crippen LogP contribution >= 0.6 is 0 Å². The molecule has 1 saturated heterocycles. The smallest absolute Gasteiger partial charge is 0.241 e. The molecule has 21 heavy (non-hydrogen) atoms. The number of nitrogens with two attached hydrogens (primary N) is 1. The van der Waals surface area contributed by atoms with E-state index >= 15 is 0 Å². The number of hydrogen-bond donors (Lipinski definition) is 1. The minimum Gasteiger partial charge on any atom is -0.368 e. The zero-order chi connectivity index (χ0) is 15.2. The van der Waals surface area contributed by atoms with E-state index in [0.717, 1.165) is 25.9 Å². The van der Waals surface area contributed by atoms with E-state index in [0.29, 0.717) is 13.1 Å². The van der Waals surface area contributed by atoms with Crippen molar-refractivity contribution in [1.82, 2.24) is 9.80 Å². The predicted octanol–water partition coefficient (Wildman–Crippen LogP) is 0.637. The summed E-state index contributed by atoms with van der Waals surface area (Å²) in [5.41, 5.74) is 6.74. The van der Waals surface area contributed by atoms with E-state index in [1.165, 1.54) is 12.5 Å². The van der Waals surface area contributed by atoms with Crippen molar-refractivity contribution in [1.29, 1.82) is 0 Å². The molecule has 0 aliphatic carbocycles. The molecule has 0 radical (unpaired) electrons. The molecular weight excluding hydrogens is 266 g/mol. The van der Waals surface area contributed by atoms with Crippen molar-refractivity contribution in [2.75, 3.05) is 26.2 Å². The van der Waals surface area contributed by atoms with E-state index in [1.54, 1.807) is 4.90 Å². The van der Waals surface area contributed by atoms with Crippen LogP contribution in [-0.4, -0.2) is 53.8 Å². The summed E-state index contributed by atoms with van der Waals surface area (Å²) in [6.45, 7) is 4.33. The van der Waals surface area contributed by atoms with Gasteiger partial charge in [0.1, 0.15) is 6.04 Å². The van der Waals surface area contributed by atoms with Crippen LogP contribution in [0.15, 0.2) is 30.3 Å². The van der Waals surface area contributed by atoms with Gasteiger partial charge >= 0.3 is 0 Å². The number of carbonyl (C=O) groups excluding carboxylic acids is 2. The third kappa shape index (κ3) is 4.29. The highest BCUT2D eigenvalue weighted by Crippen LogP contribution is 2.11. The number of hydrogen-bond acceptors (Lipinski definition) is 3. The molecule has 5 nitrogen and oxygen atoms in total. The highest BCUT2D eigenvalue weighted by molar-refractivity contribution is 5.86. The average molecular weight is 289 g/mol. The van der Waals surface area contributed by atoms with Crippen LogP contribution in [0.1, 0.15) is 18.9 Å². The van der Waals surface area contributed by atoms with Gasteiger partial charge in [-0.15, -0.1) is 0 Å². The van der Waals surface area contributed by atoms with Gasteiger partial charge in [-0.25, -0.2) is 0 Å². The minimum atomic E-state index is -0.493. The molecule has 114 valence electrons. The SMILES string of the molecule is CC(=O)N1CCN(CCCc2ccccc2)C[C@H]1C(N)=O. The molecule has 1 fully saturated rings. The normalized spacial score (nSPS) is 19.5. The second-order valence-electron chi connectivity index (χ2n) is 5.52. The monoisotopic (exact) mass is 289 g/mol. The Balaban J connectivity index is 1.82. The Labute approximate surface area is 125 Å². The molecule has 2 N–H and O–H groups in total. The number of piperazine rings is 1. The summed E-state index contributed by atoms with van der Waals surface area (Å²) >= 11 is 0. The Morgan fingerprint density at radius 3 is 2.57 bits per heavy atom. The van der Waals surface area contributed by atoms with Crippen LogP contribution in [0, 0.1) is 0 Å². The lowest BCUT2D eigenvalue weighted by atomic mass is 10.1. The van der Waals surface area contributed by atoms with Crippen LogP contribution in [0.2, 0.25) is 0 Å². The largest absolute Gasteiger partial charge is 0.368 e. The third-order valence-corrected chi connectivity index (χ3v) is 3.98. The van der Waals surface area contributed by atoms with Crippen LogP contribution in [0.25, 0.3) is 0 Å². The van der Waals surface area contributed by atoms with Crippen molar-refractivity contribution < 1.29 is 9.59 Å². The lowest BCUT2D eigenvalue weighted by Gasteiger charge is -2.39. The van der Waals surface area contributed by atoms with E-state index in [2.05, 4.69) is 17.0 Å². The zero-order valence-electron chi connectivity index (χ0n) is 12.5. The molecule has 1 aromatic carbocycles. The Morgan fingerprint density at radius 1 is 1.24 bits per heavy atom. The molecule has 0 spiro atoms. The molecular formula is C16H23N3O2. The summed E-state index contributed by atoms with van der Waals surface area (Å²) in [5.74, 6) is -0.499. The fourth-order valence-corrected chi connectivity index (χ4v) is 2.81. The first kappa shape index (κ1) is 15.5. The molecule has 2 rings (SSSR count). The van der Waals surface area contributed by atoms with E-state index in [4.69, 9.17) is 5.73 Å². The molecule has 0 bridgehead atoms. The highest BCUT2D eigenvalue weighted by Gasteiger charge is 2.32. The Kier molecular flexibility index (Phi) is 5.33. The van der Waals surface area contributed by atoms with Crippen molar-refractivity contribution in [3.8, 4) is 0 Å². The molecule has 0 aromatic heterocycles. The van der Waals surface area contributed by atoms with Gasteiger partial charge in [-0.1, -0.05) is 30.3 Å². The summed E-state index contributed by atoms with van der Waals surface area (Å²) < 4.78 is 0. The van der Waals surface area contributed by atoms with Gasteiger partial charge in [-0.3, -0.25) is 14.5 Å². The molecule has 1 aromatic rings. The third-order valence-electron chi connectivity index (χ3n) is 3.98. The summed E-state index contributed by atoms with van der Waals surface area (Å²) in [4.78, 5) is 26.8. The summed E-state index contributed by atoms with van der Waals surface area (Å²) in [7, 11) is 0. The van der Waals surface area contributed by atoms with Gasteiger partial charge in [-0.2, -0.15) is 0 Å². The lowest BCUT2D eigenvalue weighted by Crippen LogP contribution is -2.59. The maximum absolute atomic E-state index is 11.5. The maximum atomic E-state index is 11.5. The van der Waals surface area contributed by atoms with Crippen molar-refractivity contribution in [3.05, 3.63) is 35.9 Å². The van der Waals surface area contributed by atoms with Crippen molar-refractivity contribution >= 4 is 11.8 Å². The molecule has 5 heteroatoms. The first-order valence-corrected chi connectivity index (χ1v) is 7.40. The fourth-order valence-electron chi connectivity index (χ4n) is 2.81. The summed E-state index contributed by atoms with van der Waals surface area (Å²) in [5, 5.41) is 0. The van der Waals surface area contributed by atoms with Crippen molar-refractivity contribution in [2.45, 2.75) is 25.8 Å². The number of benzene rings is 1. The molecule has 1 aliphatic heterocycles. The van der Waals surface area contributed by atoms with Crippen LogP contribution in [-0.2, 0) is 16.0 Å². The molecule has 0 unspecified atom stereocenters. The molecule has 1 heterocycles. The van der Waals surface area contributed by atoms with Crippen LogP contribution in [0.4, 0.5) is 0 Å². The predicted molar refractivity (Wildman–Crippen MR) is 81.6 cm³/mol. The second kappa shape index (κ2) is 7.22. The first-order valence-electron chi connectivity index (χ1n) is 7.40. The van der Waals surface area contributed by atoms with Gasteiger partial charge in [0.25, 0.3) is 0 Å². The quantitative estimate of drug-likeness (QED) is 0.865. The Morgan fingerprint density at radius 2 is 1.95 bits per heavy atom. The number of primary amides is 1. The number of aryl methyl sites for hydroxylation is 1. The van der Waals surface area contributed by atoms with Crippen molar-refractivity contribution in [2.24, 2.45) is 5.73 Å². The van der Waals surface area contributed by atoms with Gasteiger partial charge in [-0.05, 0) is 24.9 Å². The van der Waals surface area contributed by atoms with Gasteiger partial charge in [0.2, 0.25) is 11.8 Å². The van der Waals surface area contributed by atoms with Gasteiger partial charge < -0.3 is 10.6 Å². The maximum Gasteiger partial charge on any atom is 0.241 e. The fraction of sp³-hybridized carbons (Fsp3) is 0.500. The lowest BCUT2D eigenvalue weighted by molar-refractivity contribution is -0.141. The molecule has 1 aliphatic rings.